The number of methoxy groups -OCH3 is 1. The molecule has 0 aliphatic carbocycles. The lowest BCUT2D eigenvalue weighted by molar-refractivity contribution is 0.0598. The van der Waals surface area contributed by atoms with Gasteiger partial charge in [-0.2, -0.15) is 0 Å². The number of hydrogen-bond donors (Lipinski definition) is 1. The average Bonchev–Trinajstić information content (AvgIpc) is 3.41. The van der Waals surface area contributed by atoms with Crippen LogP contribution in [0.1, 0.15) is 45.1 Å². The zero-order valence-electron chi connectivity index (χ0n) is 17.7. The van der Waals surface area contributed by atoms with Crippen molar-refractivity contribution in [2.75, 3.05) is 27.3 Å². The Balaban J connectivity index is 1.69. The summed E-state index contributed by atoms with van der Waals surface area (Å²) in [4.78, 5) is 25.9. The number of nitrogens with zero attached hydrogens (tertiary/aromatic N) is 1. The van der Waals surface area contributed by atoms with Crippen LogP contribution in [0.3, 0.4) is 0 Å². The Morgan fingerprint density at radius 1 is 1.29 bits per heavy atom. The van der Waals surface area contributed by atoms with Gasteiger partial charge in [0, 0.05) is 25.8 Å². The van der Waals surface area contributed by atoms with Crippen molar-refractivity contribution in [3.63, 3.8) is 0 Å². The van der Waals surface area contributed by atoms with Gasteiger partial charge in [-0.15, -0.1) is 0 Å². The van der Waals surface area contributed by atoms with Crippen LogP contribution in [0, 0.1) is 6.92 Å². The molecule has 2 heterocycles. The Labute approximate surface area is 181 Å². The van der Waals surface area contributed by atoms with Gasteiger partial charge in [0.2, 0.25) is 10.0 Å². The predicted molar refractivity (Wildman–Crippen MR) is 111 cm³/mol. The number of ether oxygens (including phenoxy) is 2. The van der Waals surface area contributed by atoms with Gasteiger partial charge in [0.1, 0.15) is 17.1 Å². The molecule has 1 aromatic carbocycles. The third-order valence-corrected chi connectivity index (χ3v) is 6.45. The van der Waals surface area contributed by atoms with Gasteiger partial charge in [-0.25, -0.2) is 17.9 Å². The number of aryl methyl sites for hydroxylation is 1. The lowest BCUT2D eigenvalue weighted by Gasteiger charge is -2.16. The van der Waals surface area contributed by atoms with E-state index in [4.69, 9.17) is 13.9 Å². The summed E-state index contributed by atoms with van der Waals surface area (Å²) in [6.07, 6.45) is 1.60. The molecule has 0 saturated carbocycles. The quantitative estimate of drug-likeness (QED) is 0.613. The minimum absolute atomic E-state index is 0.00608. The van der Waals surface area contributed by atoms with Crippen molar-refractivity contribution < 1.29 is 31.9 Å². The Morgan fingerprint density at radius 2 is 2.06 bits per heavy atom. The molecule has 0 bridgehead atoms. The normalized spacial score (nSPS) is 16.3. The number of carbonyl (C=O) groups excluding carboxylic acids is 2. The number of nitrogens with one attached hydrogen (secondary N) is 1. The van der Waals surface area contributed by atoms with Crippen LogP contribution in [-0.4, -0.2) is 58.6 Å². The van der Waals surface area contributed by atoms with Gasteiger partial charge in [0.15, 0.2) is 0 Å². The Hall–Kier alpha value is -2.69. The zero-order chi connectivity index (χ0) is 22.6. The van der Waals surface area contributed by atoms with E-state index in [0.29, 0.717) is 23.7 Å². The summed E-state index contributed by atoms with van der Waals surface area (Å²) in [5.41, 5.74) is 0.516. The third kappa shape index (κ3) is 5.52. The van der Waals surface area contributed by atoms with Crippen molar-refractivity contribution in [3.05, 3.63) is 53.0 Å². The topological polar surface area (TPSA) is 115 Å². The summed E-state index contributed by atoms with van der Waals surface area (Å²) in [6, 6.07) is 7.37. The monoisotopic (exact) mass is 450 g/mol. The van der Waals surface area contributed by atoms with Crippen LogP contribution >= 0.6 is 0 Å². The first-order valence-corrected chi connectivity index (χ1v) is 11.3. The van der Waals surface area contributed by atoms with Crippen molar-refractivity contribution in [2.45, 2.75) is 37.3 Å². The Kier molecular flexibility index (Phi) is 7.14. The van der Waals surface area contributed by atoms with E-state index in [0.717, 1.165) is 12.8 Å². The molecule has 0 radical (unpaired) electrons. The van der Waals surface area contributed by atoms with E-state index in [1.54, 1.807) is 20.0 Å². The molecule has 3 rings (SSSR count). The van der Waals surface area contributed by atoms with E-state index in [1.807, 2.05) is 0 Å². The number of benzene rings is 1. The van der Waals surface area contributed by atoms with Gasteiger partial charge < -0.3 is 18.8 Å². The van der Waals surface area contributed by atoms with Crippen LogP contribution in [-0.2, 0) is 26.0 Å². The molecule has 9 nitrogen and oxygen atoms in total. The molecule has 168 valence electrons. The lowest BCUT2D eigenvalue weighted by Crippen LogP contribution is -2.32. The predicted octanol–water partition coefficient (Wildman–Crippen LogP) is 2.10. The zero-order valence-corrected chi connectivity index (χ0v) is 18.5. The van der Waals surface area contributed by atoms with Crippen molar-refractivity contribution in [3.8, 4) is 0 Å². The number of esters is 1. The maximum absolute atomic E-state index is 12.8. The molecule has 1 fully saturated rings. The fourth-order valence-corrected chi connectivity index (χ4v) is 4.46. The maximum atomic E-state index is 12.8. The molecule has 0 spiro atoms. The Morgan fingerprint density at radius 3 is 2.74 bits per heavy atom. The second-order valence-corrected chi connectivity index (χ2v) is 9.12. The van der Waals surface area contributed by atoms with Crippen LogP contribution in [0.2, 0.25) is 0 Å². The highest BCUT2D eigenvalue weighted by Crippen LogP contribution is 2.19. The molecule has 1 aromatic heterocycles. The number of amides is 1. The number of sulfonamides is 1. The van der Waals surface area contributed by atoms with E-state index < -0.39 is 16.0 Å². The van der Waals surface area contributed by atoms with Gasteiger partial charge >= 0.3 is 5.97 Å². The van der Waals surface area contributed by atoms with E-state index in [1.165, 1.54) is 36.3 Å². The summed E-state index contributed by atoms with van der Waals surface area (Å²) in [5.74, 6) is -0.0939. The summed E-state index contributed by atoms with van der Waals surface area (Å²) in [5, 5.41) is 0. The summed E-state index contributed by atoms with van der Waals surface area (Å²) >= 11 is 0. The number of hydrogen-bond acceptors (Lipinski definition) is 7. The standard InChI is InChI=1S/C21H26N2O7S/c1-14-19(21(25)28-3)11-17(30-14)13-23(2)20(24)15-6-4-8-18(10-15)31(26,27)22-12-16-7-5-9-29-16/h4,6,8,10-11,16,22H,5,7,9,12-13H2,1-3H3/t16-/m0/s1. The molecule has 0 unspecified atom stereocenters. The molecule has 1 aliphatic heterocycles. The second kappa shape index (κ2) is 9.63. The SMILES string of the molecule is COC(=O)c1cc(CN(C)C(=O)c2cccc(S(=O)(=O)NC[C@@H]3CCCO3)c2)oc1C. The molecular formula is C21H26N2O7S. The maximum Gasteiger partial charge on any atom is 0.341 e. The van der Waals surface area contributed by atoms with E-state index in [9.17, 15) is 18.0 Å². The highest BCUT2D eigenvalue weighted by molar-refractivity contribution is 7.89. The van der Waals surface area contributed by atoms with E-state index >= 15 is 0 Å². The van der Waals surface area contributed by atoms with Gasteiger partial charge in [-0.3, -0.25) is 4.79 Å². The van der Waals surface area contributed by atoms with Gasteiger partial charge in [0.25, 0.3) is 5.91 Å². The largest absolute Gasteiger partial charge is 0.465 e. The molecule has 2 aromatic rings. The van der Waals surface area contributed by atoms with Crippen LogP contribution in [0.5, 0.6) is 0 Å². The summed E-state index contributed by atoms with van der Waals surface area (Å²) < 4.78 is 43.4. The molecule has 31 heavy (non-hydrogen) atoms. The van der Waals surface area contributed by atoms with E-state index in [2.05, 4.69) is 4.72 Å². The molecule has 1 atom stereocenters. The highest BCUT2D eigenvalue weighted by atomic mass is 32.2. The summed E-state index contributed by atoms with van der Waals surface area (Å²) in [6.45, 7) is 2.57. The molecule has 1 aliphatic rings. The smallest absolute Gasteiger partial charge is 0.341 e. The number of carbonyl (C=O) groups is 2. The first-order valence-electron chi connectivity index (χ1n) is 9.85. The molecule has 1 amide bonds. The second-order valence-electron chi connectivity index (χ2n) is 7.35. The average molecular weight is 451 g/mol. The van der Waals surface area contributed by atoms with Crippen LogP contribution in [0.4, 0.5) is 0 Å². The summed E-state index contributed by atoms with van der Waals surface area (Å²) in [7, 11) is -0.931. The van der Waals surface area contributed by atoms with Gasteiger partial charge in [-0.05, 0) is 44.0 Å². The van der Waals surface area contributed by atoms with Crippen LogP contribution < -0.4 is 4.72 Å². The van der Waals surface area contributed by atoms with E-state index in [-0.39, 0.29) is 35.6 Å². The molecular weight excluding hydrogens is 424 g/mol. The molecule has 10 heteroatoms. The van der Waals surface area contributed by atoms with Crippen LogP contribution in [0.15, 0.2) is 39.6 Å². The lowest BCUT2D eigenvalue weighted by atomic mass is 10.2. The molecule has 1 saturated heterocycles. The fraction of sp³-hybridized carbons (Fsp3) is 0.429. The minimum Gasteiger partial charge on any atom is -0.465 e. The van der Waals surface area contributed by atoms with Gasteiger partial charge in [0.05, 0.1) is 24.7 Å². The fourth-order valence-electron chi connectivity index (χ4n) is 3.35. The van der Waals surface area contributed by atoms with Crippen molar-refractivity contribution in [1.29, 1.82) is 0 Å². The van der Waals surface area contributed by atoms with Crippen molar-refractivity contribution in [2.24, 2.45) is 0 Å². The Bertz CT molecular complexity index is 1060. The minimum atomic E-state index is -3.77. The third-order valence-electron chi connectivity index (χ3n) is 5.03. The van der Waals surface area contributed by atoms with Crippen molar-refractivity contribution in [1.82, 2.24) is 9.62 Å². The highest BCUT2D eigenvalue weighted by Gasteiger charge is 2.23. The molecule has 1 N–H and O–H groups in total. The number of furan rings is 1. The van der Waals surface area contributed by atoms with Gasteiger partial charge in [-0.1, -0.05) is 6.07 Å². The van der Waals surface area contributed by atoms with Crippen molar-refractivity contribution >= 4 is 21.9 Å². The first-order chi connectivity index (χ1) is 14.7. The number of rotatable bonds is 8. The first kappa shape index (κ1) is 23.0. The van der Waals surface area contributed by atoms with Crippen LogP contribution in [0.25, 0.3) is 0 Å².